The second-order valence-corrected chi connectivity index (χ2v) is 7.33. The van der Waals surface area contributed by atoms with Gasteiger partial charge in [0.1, 0.15) is 15.8 Å². The third-order valence-corrected chi connectivity index (χ3v) is 5.27. The molecule has 120 valence electrons. The molecule has 22 heavy (non-hydrogen) atoms. The lowest BCUT2D eigenvalue weighted by Crippen LogP contribution is -2.33. The van der Waals surface area contributed by atoms with Crippen molar-refractivity contribution in [1.29, 1.82) is 0 Å². The van der Waals surface area contributed by atoms with E-state index in [1.807, 2.05) is 19.1 Å². The number of furan rings is 1. The molecule has 1 amide bonds. The molecule has 0 aromatic carbocycles. The average molecular weight is 338 g/mol. The number of aryl methyl sites for hydroxylation is 1. The fourth-order valence-electron chi connectivity index (χ4n) is 2.49. The van der Waals surface area contributed by atoms with Crippen LogP contribution in [-0.4, -0.2) is 21.7 Å². The Labute approximate surface area is 142 Å². The van der Waals surface area contributed by atoms with Crippen LogP contribution in [0.5, 0.6) is 0 Å². The van der Waals surface area contributed by atoms with Crippen molar-refractivity contribution < 1.29 is 9.21 Å². The second kappa shape index (κ2) is 7.97. The molecule has 1 aliphatic rings. The maximum Gasteiger partial charge on any atom is 0.266 e. The Morgan fingerprint density at radius 2 is 2.18 bits per heavy atom. The van der Waals surface area contributed by atoms with Gasteiger partial charge in [-0.3, -0.25) is 9.69 Å². The highest BCUT2D eigenvalue weighted by molar-refractivity contribution is 8.26. The zero-order valence-corrected chi connectivity index (χ0v) is 15.1. The minimum absolute atomic E-state index is 0.0130. The first-order chi connectivity index (χ1) is 10.5. The van der Waals surface area contributed by atoms with Crippen LogP contribution in [0.25, 0.3) is 6.08 Å². The maximum atomic E-state index is 12.6. The lowest BCUT2D eigenvalue weighted by atomic mass is 9.99. The molecule has 1 aromatic rings. The molecule has 0 saturated carbocycles. The fourth-order valence-corrected chi connectivity index (χ4v) is 3.75. The third-order valence-electron chi connectivity index (χ3n) is 3.89. The molecular formula is C17H23NO2S2. The normalized spacial score (nSPS) is 18.5. The van der Waals surface area contributed by atoms with Crippen molar-refractivity contribution in [2.24, 2.45) is 5.92 Å². The van der Waals surface area contributed by atoms with Crippen LogP contribution in [0.2, 0.25) is 0 Å². The number of nitrogens with zero attached hydrogens (tertiary/aromatic N) is 1. The maximum absolute atomic E-state index is 12.6. The Morgan fingerprint density at radius 3 is 2.77 bits per heavy atom. The van der Waals surface area contributed by atoms with E-state index >= 15 is 0 Å². The summed E-state index contributed by atoms with van der Waals surface area (Å²) in [5.74, 6) is 2.08. The quantitative estimate of drug-likeness (QED) is 0.517. The number of hydrogen-bond donors (Lipinski definition) is 0. The molecule has 3 nitrogen and oxygen atoms in total. The van der Waals surface area contributed by atoms with E-state index in [0.29, 0.717) is 20.9 Å². The number of hydrogen-bond acceptors (Lipinski definition) is 4. The summed E-state index contributed by atoms with van der Waals surface area (Å²) >= 11 is 6.76. The second-order valence-electron chi connectivity index (χ2n) is 5.66. The van der Waals surface area contributed by atoms with Crippen LogP contribution in [0.4, 0.5) is 0 Å². The molecular weight excluding hydrogens is 314 g/mol. The summed E-state index contributed by atoms with van der Waals surface area (Å²) in [6, 6.07) is 3.77. The molecule has 2 heterocycles. The van der Waals surface area contributed by atoms with Gasteiger partial charge in [0.2, 0.25) is 0 Å². The summed E-state index contributed by atoms with van der Waals surface area (Å²) in [6.45, 7) is 7.00. The van der Waals surface area contributed by atoms with E-state index in [0.717, 1.165) is 25.1 Å². The highest BCUT2D eigenvalue weighted by atomic mass is 32.2. The van der Waals surface area contributed by atoms with Crippen LogP contribution in [0.3, 0.4) is 0 Å². The van der Waals surface area contributed by atoms with Crippen molar-refractivity contribution in [2.75, 3.05) is 6.54 Å². The van der Waals surface area contributed by atoms with Gasteiger partial charge in [0, 0.05) is 12.6 Å². The van der Waals surface area contributed by atoms with Crippen molar-refractivity contribution in [2.45, 2.75) is 46.5 Å². The van der Waals surface area contributed by atoms with Crippen LogP contribution < -0.4 is 0 Å². The summed E-state index contributed by atoms with van der Waals surface area (Å²) in [4.78, 5) is 15.0. The number of unbranched alkanes of at least 4 members (excludes halogenated alkanes) is 1. The number of thiocarbonyl (C=S) groups is 1. The summed E-state index contributed by atoms with van der Waals surface area (Å²) in [5, 5.41) is 0. The van der Waals surface area contributed by atoms with Gasteiger partial charge in [-0.25, -0.2) is 0 Å². The Balaban J connectivity index is 2.06. The van der Waals surface area contributed by atoms with Gasteiger partial charge < -0.3 is 4.42 Å². The van der Waals surface area contributed by atoms with Gasteiger partial charge in [-0.15, -0.1) is 0 Å². The first-order valence-electron chi connectivity index (χ1n) is 7.87. The van der Waals surface area contributed by atoms with E-state index in [4.69, 9.17) is 16.6 Å². The first-order valence-corrected chi connectivity index (χ1v) is 9.09. The molecule has 1 atom stereocenters. The van der Waals surface area contributed by atoms with Crippen molar-refractivity contribution >= 4 is 40.3 Å². The van der Waals surface area contributed by atoms with Crippen LogP contribution in [-0.2, 0) is 4.79 Å². The van der Waals surface area contributed by atoms with Crippen molar-refractivity contribution in [3.63, 3.8) is 0 Å². The molecule has 0 spiro atoms. The largest absolute Gasteiger partial charge is 0.462 e. The van der Waals surface area contributed by atoms with Gasteiger partial charge in [-0.1, -0.05) is 57.1 Å². The molecule has 0 N–H and O–H groups in total. The third kappa shape index (κ3) is 4.23. The van der Waals surface area contributed by atoms with Gasteiger partial charge in [-0.05, 0) is 31.4 Å². The van der Waals surface area contributed by atoms with Crippen molar-refractivity contribution in [1.82, 2.24) is 4.90 Å². The predicted molar refractivity (Wildman–Crippen MR) is 96.6 cm³/mol. The zero-order valence-electron chi connectivity index (χ0n) is 13.4. The predicted octanol–water partition coefficient (Wildman–Crippen LogP) is 5.01. The van der Waals surface area contributed by atoms with E-state index in [1.54, 1.807) is 11.0 Å². The van der Waals surface area contributed by atoms with E-state index < -0.39 is 0 Å². The summed E-state index contributed by atoms with van der Waals surface area (Å²) < 4.78 is 6.18. The van der Waals surface area contributed by atoms with E-state index in [1.165, 1.54) is 24.6 Å². The van der Waals surface area contributed by atoms with Crippen molar-refractivity contribution in [3.8, 4) is 0 Å². The number of amides is 1. The number of rotatable bonds is 7. The van der Waals surface area contributed by atoms with E-state index in [-0.39, 0.29) is 5.91 Å². The van der Waals surface area contributed by atoms with Gasteiger partial charge in [0.15, 0.2) is 0 Å². The van der Waals surface area contributed by atoms with Gasteiger partial charge in [0.05, 0.1) is 4.91 Å². The van der Waals surface area contributed by atoms with Gasteiger partial charge >= 0.3 is 0 Å². The molecule has 0 radical (unpaired) electrons. The minimum Gasteiger partial charge on any atom is -0.462 e. The Hall–Kier alpha value is -1.07. The SMILES string of the molecule is CCCCC(CC)CN1C(=O)C(=Cc2ccc(C)o2)SC1=S. The number of carbonyl (C=O) groups is 1. The molecule has 1 fully saturated rings. The summed E-state index contributed by atoms with van der Waals surface area (Å²) in [5.41, 5.74) is 0. The average Bonchev–Trinajstić information content (AvgIpc) is 3.01. The van der Waals surface area contributed by atoms with E-state index in [2.05, 4.69) is 13.8 Å². The molecule has 1 aromatic heterocycles. The topological polar surface area (TPSA) is 33.5 Å². The van der Waals surface area contributed by atoms with Crippen LogP contribution in [0.1, 0.15) is 51.1 Å². The van der Waals surface area contributed by atoms with E-state index in [9.17, 15) is 4.79 Å². The molecule has 1 unspecified atom stereocenters. The fraction of sp³-hybridized carbons (Fsp3) is 0.529. The van der Waals surface area contributed by atoms with Gasteiger partial charge in [-0.2, -0.15) is 0 Å². The molecule has 2 rings (SSSR count). The highest BCUT2D eigenvalue weighted by Crippen LogP contribution is 2.34. The Kier molecular flexibility index (Phi) is 6.26. The minimum atomic E-state index is 0.0130. The van der Waals surface area contributed by atoms with Crippen LogP contribution >= 0.6 is 24.0 Å². The standard InChI is InChI=1S/C17H23NO2S2/c1-4-6-7-13(5-2)11-18-16(19)15(22-17(18)21)10-14-9-8-12(3)20-14/h8-10,13H,4-7,11H2,1-3H3. The summed E-state index contributed by atoms with van der Waals surface area (Å²) in [6.07, 6.45) is 6.41. The Morgan fingerprint density at radius 1 is 1.41 bits per heavy atom. The molecule has 0 aliphatic carbocycles. The monoisotopic (exact) mass is 337 g/mol. The Bertz CT molecular complexity index is 577. The number of carbonyl (C=O) groups excluding carboxylic acids is 1. The molecule has 5 heteroatoms. The molecule has 1 saturated heterocycles. The molecule has 1 aliphatic heterocycles. The van der Waals surface area contributed by atoms with Crippen LogP contribution in [0, 0.1) is 12.8 Å². The lowest BCUT2D eigenvalue weighted by Gasteiger charge is -2.21. The smallest absolute Gasteiger partial charge is 0.266 e. The van der Waals surface area contributed by atoms with Gasteiger partial charge in [0.25, 0.3) is 5.91 Å². The number of thioether (sulfide) groups is 1. The van der Waals surface area contributed by atoms with Crippen molar-refractivity contribution in [3.05, 3.63) is 28.6 Å². The summed E-state index contributed by atoms with van der Waals surface area (Å²) in [7, 11) is 0. The first kappa shape index (κ1) is 17.3. The van der Waals surface area contributed by atoms with Crippen LogP contribution in [0.15, 0.2) is 21.5 Å². The highest BCUT2D eigenvalue weighted by Gasteiger charge is 2.33. The lowest BCUT2D eigenvalue weighted by molar-refractivity contribution is -0.122. The zero-order chi connectivity index (χ0) is 16.1. The molecule has 0 bridgehead atoms.